The predicted molar refractivity (Wildman–Crippen MR) is 59.0 cm³/mol. The lowest BCUT2D eigenvalue weighted by atomic mass is 9.93. The van der Waals surface area contributed by atoms with Gasteiger partial charge in [0.25, 0.3) is 0 Å². The van der Waals surface area contributed by atoms with Gasteiger partial charge in [0.1, 0.15) is 0 Å². The van der Waals surface area contributed by atoms with Crippen LogP contribution in [0.1, 0.15) is 34.3 Å². The number of hydrogen-bond donors (Lipinski definition) is 1. The Bertz CT molecular complexity index is 403. The van der Waals surface area contributed by atoms with E-state index in [0.29, 0.717) is 0 Å². The van der Waals surface area contributed by atoms with Gasteiger partial charge in [-0.25, -0.2) is 0 Å². The average Bonchev–Trinajstić information content (AvgIpc) is 3.02. The van der Waals surface area contributed by atoms with Crippen molar-refractivity contribution in [3.05, 3.63) is 34.9 Å². The van der Waals surface area contributed by atoms with Crippen molar-refractivity contribution < 1.29 is 9.90 Å². The summed E-state index contributed by atoms with van der Waals surface area (Å²) in [7, 11) is 0. The van der Waals surface area contributed by atoms with Crippen LogP contribution in [0.3, 0.4) is 0 Å². The van der Waals surface area contributed by atoms with Gasteiger partial charge >= 0.3 is 0 Å². The lowest BCUT2D eigenvalue weighted by Crippen LogP contribution is -2.20. The third-order valence-electron chi connectivity index (χ3n) is 3.41. The summed E-state index contributed by atoms with van der Waals surface area (Å²) in [6.07, 6.45) is 1.66. The van der Waals surface area contributed by atoms with E-state index in [0.717, 1.165) is 24.0 Å². The third kappa shape index (κ3) is 1.70. The van der Waals surface area contributed by atoms with Crippen molar-refractivity contribution in [1.29, 1.82) is 0 Å². The van der Waals surface area contributed by atoms with Gasteiger partial charge in [-0.2, -0.15) is 0 Å². The van der Waals surface area contributed by atoms with Crippen molar-refractivity contribution in [2.24, 2.45) is 5.41 Å². The van der Waals surface area contributed by atoms with Crippen molar-refractivity contribution in [3.63, 3.8) is 0 Å². The molecule has 0 bridgehead atoms. The molecule has 0 unspecified atom stereocenters. The van der Waals surface area contributed by atoms with Gasteiger partial charge in [-0.15, -0.1) is 0 Å². The number of carbonyl (C=O) groups is 1. The van der Waals surface area contributed by atoms with Crippen molar-refractivity contribution in [3.8, 4) is 0 Å². The minimum Gasteiger partial charge on any atom is -0.395 e. The first-order chi connectivity index (χ1) is 7.09. The smallest absolute Gasteiger partial charge is 0.171 e. The number of rotatable bonds is 3. The zero-order chi connectivity index (χ0) is 11.1. The molecule has 2 rings (SSSR count). The van der Waals surface area contributed by atoms with Crippen LogP contribution in [0, 0.1) is 19.3 Å². The van der Waals surface area contributed by atoms with Crippen LogP contribution in [-0.2, 0) is 0 Å². The molecule has 1 N–H and O–H groups in total. The molecule has 2 heteroatoms. The fraction of sp³-hybridized carbons (Fsp3) is 0.462. The number of aliphatic hydroxyl groups is 1. The highest BCUT2D eigenvalue weighted by atomic mass is 16.3. The minimum atomic E-state index is -0.443. The Morgan fingerprint density at radius 1 is 1.33 bits per heavy atom. The van der Waals surface area contributed by atoms with Gasteiger partial charge in [-0.1, -0.05) is 12.1 Å². The largest absolute Gasteiger partial charge is 0.395 e. The highest BCUT2D eigenvalue weighted by Gasteiger charge is 2.49. The molecule has 0 spiro atoms. The summed E-state index contributed by atoms with van der Waals surface area (Å²) in [5, 5.41) is 9.19. The Morgan fingerprint density at radius 2 is 2.00 bits per heavy atom. The summed E-state index contributed by atoms with van der Waals surface area (Å²) < 4.78 is 0. The Labute approximate surface area is 89.9 Å². The van der Waals surface area contributed by atoms with Crippen LogP contribution in [0.2, 0.25) is 0 Å². The minimum absolute atomic E-state index is 0.0151. The van der Waals surface area contributed by atoms with Crippen LogP contribution in [0.15, 0.2) is 18.2 Å². The zero-order valence-electron chi connectivity index (χ0n) is 9.21. The van der Waals surface area contributed by atoms with E-state index in [4.69, 9.17) is 0 Å². The standard InChI is InChI=1S/C13H16O2/c1-9-3-4-11(7-10(9)2)12(15)13(8-14)5-6-13/h3-4,7,14H,5-6,8H2,1-2H3. The quantitative estimate of drug-likeness (QED) is 0.767. The number of carbonyl (C=O) groups excluding carboxylic acids is 1. The lowest BCUT2D eigenvalue weighted by molar-refractivity contribution is 0.0829. The molecular formula is C13H16O2. The number of hydrogen-bond acceptors (Lipinski definition) is 2. The molecular weight excluding hydrogens is 188 g/mol. The van der Waals surface area contributed by atoms with Crippen molar-refractivity contribution >= 4 is 5.78 Å². The maximum atomic E-state index is 12.1. The highest BCUT2D eigenvalue weighted by molar-refractivity contribution is 6.02. The number of Topliss-reactive ketones (excluding diaryl/α,β-unsaturated/α-hetero) is 1. The van der Waals surface area contributed by atoms with E-state index in [9.17, 15) is 9.90 Å². The summed E-state index contributed by atoms with van der Waals surface area (Å²) in [6, 6.07) is 5.75. The van der Waals surface area contributed by atoms with Gasteiger partial charge in [-0.3, -0.25) is 4.79 Å². The predicted octanol–water partition coefficient (Wildman–Crippen LogP) is 2.26. The Morgan fingerprint density at radius 3 is 2.47 bits per heavy atom. The number of benzene rings is 1. The average molecular weight is 204 g/mol. The van der Waals surface area contributed by atoms with Crippen LogP contribution >= 0.6 is 0 Å². The molecule has 0 radical (unpaired) electrons. The third-order valence-corrected chi connectivity index (χ3v) is 3.41. The zero-order valence-corrected chi connectivity index (χ0v) is 9.21. The second-order valence-corrected chi connectivity index (χ2v) is 4.57. The monoisotopic (exact) mass is 204 g/mol. The molecule has 15 heavy (non-hydrogen) atoms. The van der Waals surface area contributed by atoms with Crippen LogP contribution in [0.4, 0.5) is 0 Å². The molecule has 2 nitrogen and oxygen atoms in total. The first kappa shape index (κ1) is 10.4. The van der Waals surface area contributed by atoms with Crippen LogP contribution in [-0.4, -0.2) is 17.5 Å². The van der Waals surface area contributed by atoms with Gasteiger partial charge < -0.3 is 5.11 Å². The maximum Gasteiger partial charge on any atom is 0.171 e. The SMILES string of the molecule is Cc1ccc(C(=O)C2(CO)CC2)cc1C. The molecule has 0 atom stereocenters. The summed E-state index contributed by atoms with van der Waals surface area (Å²) in [5.74, 6) is 0.105. The molecule has 80 valence electrons. The Balaban J connectivity index is 2.30. The molecule has 1 aliphatic rings. The van der Waals surface area contributed by atoms with Crippen LogP contribution < -0.4 is 0 Å². The molecule has 0 saturated heterocycles. The van der Waals surface area contributed by atoms with Gasteiger partial charge in [-0.05, 0) is 43.9 Å². The van der Waals surface area contributed by atoms with E-state index in [-0.39, 0.29) is 12.4 Å². The van der Waals surface area contributed by atoms with E-state index >= 15 is 0 Å². The molecule has 1 saturated carbocycles. The van der Waals surface area contributed by atoms with Crippen molar-refractivity contribution in [2.45, 2.75) is 26.7 Å². The second-order valence-electron chi connectivity index (χ2n) is 4.57. The van der Waals surface area contributed by atoms with E-state index in [1.807, 2.05) is 32.0 Å². The molecule has 0 aromatic heterocycles. The van der Waals surface area contributed by atoms with E-state index in [1.54, 1.807) is 0 Å². The van der Waals surface area contributed by atoms with Gasteiger partial charge in [0.05, 0.1) is 12.0 Å². The molecule has 1 aromatic carbocycles. The van der Waals surface area contributed by atoms with E-state index in [1.165, 1.54) is 5.56 Å². The second kappa shape index (κ2) is 3.46. The topological polar surface area (TPSA) is 37.3 Å². The fourth-order valence-electron chi connectivity index (χ4n) is 1.80. The molecule has 1 aliphatic carbocycles. The molecule has 0 amide bonds. The summed E-state index contributed by atoms with van der Waals surface area (Å²) >= 11 is 0. The Kier molecular flexibility index (Phi) is 2.39. The number of aryl methyl sites for hydroxylation is 2. The molecule has 1 fully saturated rings. The van der Waals surface area contributed by atoms with E-state index in [2.05, 4.69) is 0 Å². The molecule has 0 aliphatic heterocycles. The lowest BCUT2D eigenvalue weighted by Gasteiger charge is -2.11. The summed E-state index contributed by atoms with van der Waals surface area (Å²) in [4.78, 5) is 12.1. The Hall–Kier alpha value is -1.15. The van der Waals surface area contributed by atoms with Crippen molar-refractivity contribution in [2.75, 3.05) is 6.61 Å². The first-order valence-electron chi connectivity index (χ1n) is 5.32. The first-order valence-corrected chi connectivity index (χ1v) is 5.32. The van der Waals surface area contributed by atoms with Gasteiger partial charge in [0, 0.05) is 5.56 Å². The van der Waals surface area contributed by atoms with Gasteiger partial charge in [0.15, 0.2) is 5.78 Å². The van der Waals surface area contributed by atoms with Crippen LogP contribution in [0.25, 0.3) is 0 Å². The fourth-order valence-corrected chi connectivity index (χ4v) is 1.80. The molecule has 0 heterocycles. The summed E-state index contributed by atoms with van der Waals surface area (Å²) in [5.41, 5.74) is 2.63. The number of aliphatic hydroxyl groups excluding tert-OH is 1. The van der Waals surface area contributed by atoms with Gasteiger partial charge in [0.2, 0.25) is 0 Å². The van der Waals surface area contributed by atoms with Crippen LogP contribution in [0.5, 0.6) is 0 Å². The summed E-state index contributed by atoms with van der Waals surface area (Å²) in [6.45, 7) is 4.02. The normalized spacial score (nSPS) is 17.5. The highest BCUT2D eigenvalue weighted by Crippen LogP contribution is 2.47. The maximum absolute atomic E-state index is 12.1. The van der Waals surface area contributed by atoms with Crippen molar-refractivity contribution in [1.82, 2.24) is 0 Å². The molecule has 1 aromatic rings. The number of ketones is 1. The van der Waals surface area contributed by atoms with E-state index < -0.39 is 5.41 Å².